The van der Waals surface area contributed by atoms with Gasteiger partial charge in [0.15, 0.2) is 5.78 Å². The lowest BCUT2D eigenvalue weighted by molar-refractivity contribution is -0.161. The summed E-state index contributed by atoms with van der Waals surface area (Å²) in [6.07, 6.45) is 0. The largest absolute Gasteiger partial charge is 0.466 e. The molecule has 74 valence electrons. The molecular weight excluding hydrogens is 196 g/mol. The van der Waals surface area contributed by atoms with Crippen LogP contribution in [0.1, 0.15) is 6.92 Å². The van der Waals surface area contributed by atoms with E-state index in [1.165, 1.54) is 6.92 Å². The van der Waals surface area contributed by atoms with E-state index in [4.69, 9.17) is 4.74 Å². The van der Waals surface area contributed by atoms with E-state index in [0.29, 0.717) is 0 Å². The van der Waals surface area contributed by atoms with Gasteiger partial charge < -0.3 is 9.47 Å². The van der Waals surface area contributed by atoms with Crippen LogP contribution in [-0.4, -0.2) is 40.4 Å². The van der Waals surface area contributed by atoms with E-state index in [9.17, 15) is 13.8 Å². The summed E-state index contributed by atoms with van der Waals surface area (Å²) in [4.78, 5) is 20.5. The number of methoxy groups -OCH3 is 1. The van der Waals surface area contributed by atoms with Crippen molar-refractivity contribution in [2.24, 2.45) is 0 Å². The summed E-state index contributed by atoms with van der Waals surface area (Å²) in [5.74, 6) is -1.26. The molecule has 0 spiro atoms. The number of rotatable bonds is 2. The summed E-state index contributed by atoms with van der Waals surface area (Å²) in [5.41, 5.74) is 0. The molecule has 13 heavy (non-hydrogen) atoms. The maximum Gasteiger partial charge on any atom is 0.359 e. The summed E-state index contributed by atoms with van der Waals surface area (Å²) < 4.78 is 20.7. The number of ether oxygens (including phenoxy) is 2. The van der Waals surface area contributed by atoms with Crippen LogP contribution in [0, 0.1) is 0 Å². The minimum Gasteiger partial charge on any atom is -0.466 e. The molecule has 0 amide bonds. The highest BCUT2D eigenvalue weighted by atomic mass is 32.2. The summed E-state index contributed by atoms with van der Waals surface area (Å²) in [6, 6.07) is 0. The molecule has 0 bridgehead atoms. The first-order valence-corrected chi connectivity index (χ1v) is 4.99. The lowest BCUT2D eigenvalue weighted by Crippen LogP contribution is -2.48. The number of esters is 1. The number of hydrogen-bond acceptors (Lipinski definition) is 5. The summed E-state index contributed by atoms with van der Waals surface area (Å²) in [6.45, 7) is 1.31. The lowest BCUT2D eigenvalue weighted by atomic mass is 10.2. The maximum absolute atomic E-state index is 11.4. The molecule has 0 radical (unpaired) electrons. The van der Waals surface area contributed by atoms with Gasteiger partial charge in [0.25, 0.3) is 4.93 Å². The van der Waals surface area contributed by atoms with Crippen LogP contribution in [0.3, 0.4) is 0 Å². The zero-order valence-corrected chi connectivity index (χ0v) is 8.18. The fraction of sp³-hybridized carbons (Fsp3) is 0.714. The van der Waals surface area contributed by atoms with E-state index in [2.05, 4.69) is 4.74 Å². The quantitative estimate of drug-likeness (QED) is 0.438. The maximum atomic E-state index is 11.4. The average Bonchev–Trinajstić information content (AvgIpc) is 2.47. The van der Waals surface area contributed by atoms with Crippen molar-refractivity contribution in [3.8, 4) is 0 Å². The van der Waals surface area contributed by atoms with Crippen LogP contribution in [0.2, 0.25) is 0 Å². The Kier molecular flexibility index (Phi) is 2.82. The van der Waals surface area contributed by atoms with Crippen LogP contribution in [-0.2, 0) is 29.9 Å². The molecule has 0 aliphatic carbocycles. The van der Waals surface area contributed by atoms with Crippen molar-refractivity contribution < 1.29 is 23.3 Å². The minimum absolute atomic E-state index is 0.140. The number of ketones is 1. The van der Waals surface area contributed by atoms with Gasteiger partial charge >= 0.3 is 5.97 Å². The Labute approximate surface area is 77.8 Å². The van der Waals surface area contributed by atoms with Crippen LogP contribution in [0.4, 0.5) is 0 Å². The van der Waals surface area contributed by atoms with Crippen molar-refractivity contribution in [3.63, 3.8) is 0 Å². The first-order valence-electron chi connectivity index (χ1n) is 3.67. The van der Waals surface area contributed by atoms with Gasteiger partial charge in [0.2, 0.25) is 0 Å². The Morgan fingerprint density at radius 2 is 2.15 bits per heavy atom. The van der Waals surface area contributed by atoms with Crippen LogP contribution in [0.25, 0.3) is 0 Å². The monoisotopic (exact) mass is 206 g/mol. The van der Waals surface area contributed by atoms with Gasteiger partial charge in [0.1, 0.15) is 0 Å². The molecule has 5 nitrogen and oxygen atoms in total. The fourth-order valence-corrected chi connectivity index (χ4v) is 2.49. The molecule has 1 rings (SSSR count). The number of carbonyl (C=O) groups is 2. The molecular formula is C7H10O5S. The molecule has 6 heteroatoms. The second-order valence-corrected chi connectivity index (χ2v) is 4.24. The SMILES string of the molecule is COC(=O)[C@]1(C(C)=O)OCC[S@]1=O. The van der Waals surface area contributed by atoms with Crippen LogP contribution in [0.15, 0.2) is 0 Å². The Hall–Kier alpha value is -0.750. The molecule has 0 saturated carbocycles. The molecule has 2 atom stereocenters. The topological polar surface area (TPSA) is 69.7 Å². The molecule has 0 aromatic carbocycles. The van der Waals surface area contributed by atoms with Gasteiger partial charge in [-0.25, -0.2) is 4.79 Å². The summed E-state index contributed by atoms with van der Waals surface area (Å²) >= 11 is 0. The Morgan fingerprint density at radius 3 is 2.46 bits per heavy atom. The molecule has 1 fully saturated rings. The molecule has 1 aliphatic heterocycles. The summed E-state index contributed by atoms with van der Waals surface area (Å²) in [7, 11) is -0.495. The van der Waals surface area contributed by atoms with Gasteiger partial charge in [-0.15, -0.1) is 0 Å². The Balaban J connectivity index is 3.08. The first-order chi connectivity index (χ1) is 6.05. The second-order valence-electron chi connectivity index (χ2n) is 2.56. The van der Waals surface area contributed by atoms with E-state index in [1.807, 2.05) is 0 Å². The number of Topliss-reactive ketones (excluding diaryl/α,β-unsaturated/α-hetero) is 1. The molecule has 0 unspecified atom stereocenters. The van der Waals surface area contributed by atoms with Gasteiger partial charge in [-0.1, -0.05) is 0 Å². The van der Waals surface area contributed by atoms with E-state index in [1.54, 1.807) is 0 Å². The van der Waals surface area contributed by atoms with Gasteiger partial charge in [-0.2, -0.15) is 0 Å². The molecule has 1 heterocycles. The predicted molar refractivity (Wildman–Crippen MR) is 44.4 cm³/mol. The van der Waals surface area contributed by atoms with Crippen molar-refractivity contribution in [2.45, 2.75) is 11.9 Å². The first kappa shape index (κ1) is 10.3. The van der Waals surface area contributed by atoms with Gasteiger partial charge in [-0.3, -0.25) is 9.00 Å². The lowest BCUT2D eigenvalue weighted by Gasteiger charge is -2.19. The van der Waals surface area contributed by atoms with Gasteiger partial charge in [0, 0.05) is 0 Å². The second kappa shape index (κ2) is 3.55. The third-order valence-corrected chi connectivity index (χ3v) is 3.56. The van der Waals surface area contributed by atoms with Gasteiger partial charge in [-0.05, 0) is 6.92 Å². The third-order valence-electron chi connectivity index (χ3n) is 1.81. The van der Waals surface area contributed by atoms with Crippen LogP contribution in [0.5, 0.6) is 0 Å². The Morgan fingerprint density at radius 1 is 1.54 bits per heavy atom. The number of hydrogen-bond donors (Lipinski definition) is 0. The van der Waals surface area contributed by atoms with E-state index >= 15 is 0 Å². The standard InChI is InChI=1S/C7H10O5S/c1-5(8)7(6(9)11-2)12-3-4-13(7)10/h3-4H2,1-2H3/t7-,13-/m1/s1. The third kappa shape index (κ3) is 1.40. The van der Waals surface area contributed by atoms with E-state index in [0.717, 1.165) is 7.11 Å². The van der Waals surface area contributed by atoms with Crippen molar-refractivity contribution >= 4 is 22.6 Å². The minimum atomic E-state index is -1.87. The molecule has 0 N–H and O–H groups in total. The molecule has 1 saturated heterocycles. The van der Waals surface area contributed by atoms with Crippen molar-refractivity contribution in [2.75, 3.05) is 19.5 Å². The van der Waals surface area contributed by atoms with E-state index < -0.39 is 27.5 Å². The predicted octanol–water partition coefficient (Wildman–Crippen LogP) is -0.776. The van der Waals surface area contributed by atoms with Crippen molar-refractivity contribution in [1.29, 1.82) is 0 Å². The van der Waals surface area contributed by atoms with Crippen LogP contribution < -0.4 is 0 Å². The van der Waals surface area contributed by atoms with E-state index in [-0.39, 0.29) is 12.4 Å². The highest BCUT2D eigenvalue weighted by Gasteiger charge is 2.55. The normalized spacial score (nSPS) is 32.9. The van der Waals surface area contributed by atoms with Crippen LogP contribution >= 0.6 is 0 Å². The zero-order chi connectivity index (χ0) is 10.1. The number of carbonyl (C=O) groups excluding carboxylic acids is 2. The fourth-order valence-electron chi connectivity index (χ4n) is 1.16. The Bertz CT molecular complexity index is 274. The zero-order valence-electron chi connectivity index (χ0n) is 7.36. The summed E-state index contributed by atoms with van der Waals surface area (Å²) in [5, 5.41) is 0. The molecule has 1 aliphatic rings. The van der Waals surface area contributed by atoms with Crippen molar-refractivity contribution in [3.05, 3.63) is 0 Å². The van der Waals surface area contributed by atoms with Crippen molar-refractivity contribution in [1.82, 2.24) is 0 Å². The highest BCUT2D eigenvalue weighted by molar-refractivity contribution is 7.88. The highest BCUT2D eigenvalue weighted by Crippen LogP contribution is 2.25. The average molecular weight is 206 g/mol. The molecule has 0 aromatic heterocycles. The smallest absolute Gasteiger partial charge is 0.359 e. The van der Waals surface area contributed by atoms with Gasteiger partial charge in [0.05, 0.1) is 30.3 Å². The molecule has 0 aromatic rings.